The first kappa shape index (κ1) is 20.8. The second-order valence-corrected chi connectivity index (χ2v) is 8.19. The molecule has 6 nitrogen and oxygen atoms in total. The van der Waals surface area contributed by atoms with E-state index in [-0.39, 0.29) is 18.2 Å². The van der Waals surface area contributed by atoms with Crippen LogP contribution in [-0.4, -0.2) is 84.0 Å². The summed E-state index contributed by atoms with van der Waals surface area (Å²) < 4.78 is 0. The maximum Gasteiger partial charge on any atom is 0.303 e. The van der Waals surface area contributed by atoms with E-state index in [9.17, 15) is 14.7 Å². The monoisotopic (exact) mass is 387 g/mol. The Morgan fingerprint density at radius 1 is 1.07 bits per heavy atom. The maximum absolute atomic E-state index is 13.0. The van der Waals surface area contributed by atoms with Gasteiger partial charge < -0.3 is 14.9 Å². The molecule has 0 saturated carbocycles. The van der Waals surface area contributed by atoms with E-state index in [1.807, 2.05) is 29.2 Å². The summed E-state index contributed by atoms with van der Waals surface area (Å²) in [7, 11) is 2.14. The van der Waals surface area contributed by atoms with Crippen molar-refractivity contribution in [2.45, 2.75) is 38.6 Å². The van der Waals surface area contributed by atoms with Crippen molar-refractivity contribution in [3.05, 3.63) is 35.4 Å². The van der Waals surface area contributed by atoms with E-state index >= 15 is 0 Å². The summed E-state index contributed by atoms with van der Waals surface area (Å²) >= 11 is 0. The molecule has 2 fully saturated rings. The maximum atomic E-state index is 13.0. The molecular formula is C22H33N3O3. The Morgan fingerprint density at radius 2 is 1.75 bits per heavy atom. The molecule has 2 aliphatic heterocycles. The molecular weight excluding hydrogens is 354 g/mol. The van der Waals surface area contributed by atoms with Gasteiger partial charge in [-0.1, -0.05) is 19.1 Å². The highest BCUT2D eigenvalue weighted by atomic mass is 16.4. The van der Waals surface area contributed by atoms with Gasteiger partial charge in [0.15, 0.2) is 0 Å². The normalized spacial score (nSPS) is 24.3. The lowest BCUT2D eigenvalue weighted by Crippen LogP contribution is -2.57. The van der Waals surface area contributed by atoms with Gasteiger partial charge in [-0.05, 0) is 49.9 Å². The first-order valence-electron chi connectivity index (χ1n) is 10.5. The summed E-state index contributed by atoms with van der Waals surface area (Å²) in [6.07, 6.45) is 2.68. The largest absolute Gasteiger partial charge is 0.481 e. The van der Waals surface area contributed by atoms with Crippen molar-refractivity contribution in [3.8, 4) is 0 Å². The van der Waals surface area contributed by atoms with E-state index in [4.69, 9.17) is 0 Å². The number of aryl methyl sites for hydroxylation is 1. The average Bonchev–Trinajstić information content (AvgIpc) is 2.72. The van der Waals surface area contributed by atoms with Crippen molar-refractivity contribution in [3.63, 3.8) is 0 Å². The first-order chi connectivity index (χ1) is 13.5. The summed E-state index contributed by atoms with van der Waals surface area (Å²) in [4.78, 5) is 30.9. The van der Waals surface area contributed by atoms with Gasteiger partial charge >= 0.3 is 5.97 Å². The number of carboxylic acid groups (broad SMARTS) is 1. The van der Waals surface area contributed by atoms with Gasteiger partial charge in [0.2, 0.25) is 0 Å². The molecule has 1 aromatic carbocycles. The van der Waals surface area contributed by atoms with E-state index in [1.165, 1.54) is 5.56 Å². The van der Waals surface area contributed by atoms with E-state index < -0.39 is 5.97 Å². The zero-order valence-electron chi connectivity index (χ0n) is 17.1. The quantitative estimate of drug-likeness (QED) is 0.811. The Hall–Kier alpha value is -1.92. The summed E-state index contributed by atoms with van der Waals surface area (Å²) in [6.45, 7) is 7.65. The fourth-order valence-electron chi connectivity index (χ4n) is 4.50. The van der Waals surface area contributed by atoms with Crippen LogP contribution in [0.5, 0.6) is 0 Å². The lowest BCUT2D eigenvalue weighted by molar-refractivity contribution is -0.137. The number of likely N-dealkylation sites (tertiary alicyclic amines) is 1. The second-order valence-electron chi connectivity index (χ2n) is 8.19. The second kappa shape index (κ2) is 9.52. The molecule has 1 N–H and O–H groups in total. The number of piperidine rings is 1. The molecule has 0 bridgehead atoms. The van der Waals surface area contributed by atoms with Gasteiger partial charge in [-0.3, -0.25) is 14.5 Å². The smallest absolute Gasteiger partial charge is 0.303 e. The summed E-state index contributed by atoms with van der Waals surface area (Å²) in [6, 6.07) is 8.25. The fraction of sp³-hybridized carbons (Fsp3) is 0.636. The van der Waals surface area contributed by atoms with Crippen molar-refractivity contribution in [1.82, 2.24) is 14.7 Å². The molecule has 0 unspecified atom stereocenters. The Balaban J connectivity index is 1.68. The van der Waals surface area contributed by atoms with Crippen LogP contribution in [0, 0.1) is 5.92 Å². The first-order valence-corrected chi connectivity index (χ1v) is 10.5. The number of carboxylic acids is 1. The van der Waals surface area contributed by atoms with Crippen LogP contribution in [0.4, 0.5) is 0 Å². The van der Waals surface area contributed by atoms with Gasteiger partial charge in [-0.25, -0.2) is 0 Å². The molecule has 154 valence electrons. The van der Waals surface area contributed by atoms with Crippen LogP contribution in [0.1, 0.15) is 42.1 Å². The number of amides is 1. The number of nitrogens with zero attached hydrogens (tertiary/aromatic N) is 3. The van der Waals surface area contributed by atoms with Crippen LogP contribution in [-0.2, 0) is 11.2 Å². The van der Waals surface area contributed by atoms with Gasteiger partial charge in [0.25, 0.3) is 5.91 Å². The van der Waals surface area contributed by atoms with E-state index in [0.717, 1.165) is 51.1 Å². The Morgan fingerprint density at radius 3 is 2.36 bits per heavy atom. The Bertz CT molecular complexity index is 668. The predicted molar refractivity (Wildman–Crippen MR) is 110 cm³/mol. The minimum absolute atomic E-state index is 0.0693. The molecule has 2 heterocycles. The third-order valence-electron chi connectivity index (χ3n) is 6.33. The third-order valence-corrected chi connectivity index (χ3v) is 6.33. The molecule has 6 heteroatoms. The Labute approximate surface area is 168 Å². The van der Waals surface area contributed by atoms with Crippen LogP contribution in [0.2, 0.25) is 0 Å². The van der Waals surface area contributed by atoms with Crippen molar-refractivity contribution >= 4 is 11.9 Å². The molecule has 0 radical (unpaired) electrons. The van der Waals surface area contributed by atoms with Crippen molar-refractivity contribution in [1.29, 1.82) is 0 Å². The minimum atomic E-state index is -0.754. The number of likely N-dealkylation sites (N-methyl/N-ethyl adjacent to an activating group) is 1. The van der Waals surface area contributed by atoms with Gasteiger partial charge in [0, 0.05) is 57.3 Å². The zero-order chi connectivity index (χ0) is 20.1. The average molecular weight is 388 g/mol. The number of piperazine rings is 1. The summed E-state index contributed by atoms with van der Waals surface area (Å²) in [5, 5.41) is 9.18. The van der Waals surface area contributed by atoms with Gasteiger partial charge in [-0.15, -0.1) is 0 Å². The highest BCUT2D eigenvalue weighted by molar-refractivity contribution is 5.94. The highest BCUT2D eigenvalue weighted by Gasteiger charge is 2.36. The fourth-order valence-corrected chi connectivity index (χ4v) is 4.50. The minimum Gasteiger partial charge on any atom is -0.481 e. The standard InChI is InChI=1S/C22H33N3O3/c1-3-17-4-6-18(7-5-17)22(28)25-11-10-20(19(16-25)8-9-21(26)27)24-14-12-23(2)13-15-24/h4-7,19-20H,3,8-16H2,1-2H3,(H,26,27)/t19-,20+/m1/s1. The van der Waals surface area contributed by atoms with E-state index in [0.29, 0.717) is 19.0 Å². The molecule has 28 heavy (non-hydrogen) atoms. The number of aliphatic carboxylic acids is 1. The molecule has 1 aromatic rings. The van der Waals surface area contributed by atoms with Gasteiger partial charge in [0.05, 0.1) is 0 Å². The highest BCUT2D eigenvalue weighted by Crippen LogP contribution is 2.28. The van der Waals surface area contributed by atoms with Crippen LogP contribution in [0.15, 0.2) is 24.3 Å². The van der Waals surface area contributed by atoms with Crippen molar-refractivity contribution < 1.29 is 14.7 Å². The van der Waals surface area contributed by atoms with E-state index in [1.54, 1.807) is 0 Å². The SMILES string of the molecule is CCc1ccc(C(=O)N2CC[C@H](N3CCN(C)CC3)[C@H](CCC(=O)O)C2)cc1. The third kappa shape index (κ3) is 5.11. The zero-order valence-corrected chi connectivity index (χ0v) is 17.1. The number of benzene rings is 1. The summed E-state index contributed by atoms with van der Waals surface area (Å²) in [5.74, 6) is -0.470. The van der Waals surface area contributed by atoms with Gasteiger partial charge in [-0.2, -0.15) is 0 Å². The number of hydrogen-bond donors (Lipinski definition) is 1. The number of rotatable bonds is 6. The lowest BCUT2D eigenvalue weighted by atomic mass is 9.86. The number of carbonyl (C=O) groups excluding carboxylic acids is 1. The van der Waals surface area contributed by atoms with Crippen LogP contribution in [0.3, 0.4) is 0 Å². The molecule has 0 aromatic heterocycles. The predicted octanol–water partition coefficient (Wildman–Crippen LogP) is 2.19. The molecule has 2 saturated heterocycles. The molecule has 0 spiro atoms. The number of carbonyl (C=O) groups is 2. The topological polar surface area (TPSA) is 64.1 Å². The molecule has 0 aliphatic carbocycles. The number of hydrogen-bond acceptors (Lipinski definition) is 4. The lowest BCUT2D eigenvalue weighted by Gasteiger charge is -2.46. The molecule has 2 aliphatic rings. The molecule has 3 rings (SSSR count). The van der Waals surface area contributed by atoms with Crippen molar-refractivity contribution in [2.75, 3.05) is 46.3 Å². The van der Waals surface area contributed by atoms with Crippen LogP contribution >= 0.6 is 0 Å². The Kier molecular flexibility index (Phi) is 7.08. The summed E-state index contributed by atoms with van der Waals surface area (Å²) in [5.41, 5.74) is 1.96. The van der Waals surface area contributed by atoms with E-state index in [2.05, 4.69) is 23.8 Å². The van der Waals surface area contributed by atoms with Gasteiger partial charge in [0.1, 0.15) is 0 Å². The van der Waals surface area contributed by atoms with Crippen LogP contribution in [0.25, 0.3) is 0 Å². The molecule has 2 atom stereocenters. The molecule has 1 amide bonds. The van der Waals surface area contributed by atoms with Crippen molar-refractivity contribution in [2.24, 2.45) is 5.92 Å². The van der Waals surface area contributed by atoms with Crippen LogP contribution < -0.4 is 0 Å².